The number of rotatable bonds is 4. The summed E-state index contributed by atoms with van der Waals surface area (Å²) in [6.45, 7) is 22.2. The molecule has 0 aliphatic carbocycles. The summed E-state index contributed by atoms with van der Waals surface area (Å²) in [4.78, 5) is 4.96. The molecule has 0 bridgehead atoms. The van der Waals surface area contributed by atoms with E-state index >= 15 is 0 Å². The van der Waals surface area contributed by atoms with Crippen LogP contribution in [-0.2, 0) is 5.41 Å². The SMILES string of the molecule is CC(C)(C)c1cc(-c2nccc3c2sc2cc(C([Si](C)(C)C)[Si](C)(C)C)ccc23)cc2ccccc12. The molecular formula is C32H39NSSi2. The van der Waals surface area contributed by atoms with E-state index in [-0.39, 0.29) is 5.41 Å². The predicted molar refractivity (Wildman–Crippen MR) is 168 cm³/mol. The molecule has 0 N–H and O–H groups in total. The minimum Gasteiger partial charge on any atom is -0.255 e. The molecule has 186 valence electrons. The van der Waals surface area contributed by atoms with Crippen LogP contribution in [0.5, 0.6) is 0 Å². The Morgan fingerprint density at radius 3 is 2.11 bits per heavy atom. The lowest BCUT2D eigenvalue weighted by atomic mass is 9.82. The molecule has 0 aliphatic heterocycles. The van der Waals surface area contributed by atoms with Crippen molar-refractivity contribution in [3.05, 3.63) is 78.0 Å². The van der Waals surface area contributed by atoms with Crippen LogP contribution in [0.4, 0.5) is 0 Å². The number of aromatic nitrogens is 1. The molecule has 0 radical (unpaired) electrons. The fourth-order valence-electron chi connectivity index (χ4n) is 6.47. The molecule has 0 atom stereocenters. The number of thiophene rings is 1. The van der Waals surface area contributed by atoms with E-state index in [1.165, 1.54) is 42.1 Å². The molecule has 5 rings (SSSR count). The summed E-state index contributed by atoms with van der Waals surface area (Å²) >= 11 is 1.92. The summed E-state index contributed by atoms with van der Waals surface area (Å²) in [6, 6.07) is 23.0. The molecule has 0 fully saturated rings. The third-order valence-electron chi connectivity index (χ3n) is 7.42. The smallest absolute Gasteiger partial charge is 0.0880 e. The van der Waals surface area contributed by atoms with E-state index in [2.05, 4.69) is 121 Å². The molecule has 36 heavy (non-hydrogen) atoms. The predicted octanol–water partition coefficient (Wildman–Crippen LogP) is 10.4. The summed E-state index contributed by atoms with van der Waals surface area (Å²) in [5.41, 5.74) is 5.33. The van der Waals surface area contributed by atoms with Crippen molar-refractivity contribution in [2.24, 2.45) is 0 Å². The van der Waals surface area contributed by atoms with E-state index < -0.39 is 16.1 Å². The summed E-state index contributed by atoms with van der Waals surface area (Å²) in [5, 5.41) is 6.06. The molecule has 0 spiro atoms. The molecule has 0 amide bonds. The largest absolute Gasteiger partial charge is 0.255 e. The number of hydrogen-bond acceptors (Lipinski definition) is 2. The first kappa shape index (κ1) is 25.4. The number of fused-ring (bicyclic) bond motifs is 4. The first-order valence-electron chi connectivity index (χ1n) is 13.1. The molecule has 5 aromatic rings. The molecule has 2 aromatic heterocycles. The summed E-state index contributed by atoms with van der Waals surface area (Å²) in [5.74, 6) is 0. The van der Waals surface area contributed by atoms with Gasteiger partial charge in [-0.3, -0.25) is 4.98 Å². The van der Waals surface area contributed by atoms with Crippen LogP contribution in [0, 0.1) is 0 Å². The summed E-state index contributed by atoms with van der Waals surface area (Å²) in [7, 11) is -2.70. The molecular weight excluding hydrogens is 487 g/mol. The van der Waals surface area contributed by atoms with Gasteiger partial charge in [-0.05, 0) is 56.7 Å². The first-order chi connectivity index (χ1) is 16.7. The second kappa shape index (κ2) is 8.64. The van der Waals surface area contributed by atoms with Crippen LogP contribution in [0.3, 0.4) is 0 Å². The second-order valence-corrected chi connectivity index (χ2v) is 25.8. The van der Waals surface area contributed by atoms with Gasteiger partial charge in [0.2, 0.25) is 0 Å². The summed E-state index contributed by atoms with van der Waals surface area (Å²) in [6.07, 6.45) is 2.00. The molecule has 0 unspecified atom stereocenters. The van der Waals surface area contributed by atoms with Gasteiger partial charge in [-0.1, -0.05) is 96.5 Å². The van der Waals surface area contributed by atoms with Gasteiger partial charge in [0.15, 0.2) is 0 Å². The lowest BCUT2D eigenvalue weighted by Gasteiger charge is -2.38. The fraction of sp³-hybridized carbons (Fsp3) is 0.344. The van der Waals surface area contributed by atoms with E-state index in [1.807, 2.05) is 17.5 Å². The Morgan fingerprint density at radius 1 is 0.750 bits per heavy atom. The quantitative estimate of drug-likeness (QED) is 0.213. The van der Waals surface area contributed by atoms with Crippen molar-refractivity contribution in [3.63, 3.8) is 0 Å². The maximum absolute atomic E-state index is 4.96. The van der Waals surface area contributed by atoms with Crippen molar-refractivity contribution in [3.8, 4) is 11.3 Å². The minimum atomic E-state index is -1.35. The van der Waals surface area contributed by atoms with Gasteiger partial charge in [-0.2, -0.15) is 0 Å². The zero-order valence-corrected chi connectivity index (χ0v) is 26.1. The van der Waals surface area contributed by atoms with Crippen molar-refractivity contribution >= 4 is 58.4 Å². The Labute approximate surface area is 222 Å². The van der Waals surface area contributed by atoms with E-state index in [4.69, 9.17) is 4.98 Å². The lowest BCUT2D eigenvalue weighted by Crippen LogP contribution is -2.46. The average Bonchev–Trinajstić information content (AvgIpc) is 3.13. The standard InChI is InChI=1S/C32H39NSSi2/c1-32(2,3)27-19-23(18-21-12-10-11-13-24(21)27)29-30-26(16-17-33-29)25-15-14-22(20-28(25)34-30)31(35(4,5)6)36(7,8)9/h10-20,31H,1-9H3. The van der Waals surface area contributed by atoms with E-state index in [9.17, 15) is 0 Å². The van der Waals surface area contributed by atoms with Gasteiger partial charge in [0.1, 0.15) is 0 Å². The van der Waals surface area contributed by atoms with Gasteiger partial charge in [0.05, 0.1) is 10.4 Å². The Hall–Kier alpha value is -2.28. The molecule has 0 saturated heterocycles. The van der Waals surface area contributed by atoms with Crippen molar-refractivity contribution < 1.29 is 0 Å². The Morgan fingerprint density at radius 2 is 1.44 bits per heavy atom. The third kappa shape index (κ3) is 4.48. The lowest BCUT2D eigenvalue weighted by molar-refractivity contribution is 0.596. The fourth-order valence-corrected chi connectivity index (χ4v) is 20.5. The minimum absolute atomic E-state index is 0.0568. The van der Waals surface area contributed by atoms with Gasteiger partial charge in [0.25, 0.3) is 0 Å². The van der Waals surface area contributed by atoms with E-state index in [0.29, 0.717) is 0 Å². The van der Waals surface area contributed by atoms with Crippen LogP contribution in [0.1, 0.15) is 37.1 Å². The van der Waals surface area contributed by atoms with Crippen molar-refractivity contribution in [1.82, 2.24) is 4.98 Å². The van der Waals surface area contributed by atoms with Crippen LogP contribution in [0.2, 0.25) is 39.3 Å². The van der Waals surface area contributed by atoms with Crippen molar-refractivity contribution in [1.29, 1.82) is 0 Å². The molecule has 0 aliphatic rings. The van der Waals surface area contributed by atoms with Gasteiger partial charge >= 0.3 is 0 Å². The number of benzene rings is 3. The highest BCUT2D eigenvalue weighted by Crippen LogP contribution is 2.43. The van der Waals surface area contributed by atoms with Crippen molar-refractivity contribution in [2.75, 3.05) is 0 Å². The van der Waals surface area contributed by atoms with Crippen LogP contribution < -0.4 is 0 Å². The summed E-state index contributed by atoms with van der Waals surface area (Å²) < 4.78 is 2.70. The van der Waals surface area contributed by atoms with Gasteiger partial charge in [-0.15, -0.1) is 11.3 Å². The second-order valence-electron chi connectivity index (χ2n) is 13.6. The van der Waals surface area contributed by atoms with Crippen molar-refractivity contribution in [2.45, 2.75) is 70.6 Å². The van der Waals surface area contributed by atoms with Gasteiger partial charge < -0.3 is 0 Å². The number of pyridine rings is 1. The Balaban J connectivity index is 1.74. The van der Waals surface area contributed by atoms with E-state index in [1.54, 1.807) is 5.56 Å². The van der Waals surface area contributed by atoms with Crippen LogP contribution >= 0.6 is 11.3 Å². The normalized spacial score (nSPS) is 13.4. The van der Waals surface area contributed by atoms with Gasteiger partial charge in [0, 0.05) is 43.4 Å². The highest BCUT2D eigenvalue weighted by molar-refractivity contribution is 7.26. The third-order valence-corrected chi connectivity index (χ3v) is 17.9. The number of nitrogens with zero attached hydrogens (tertiary/aromatic N) is 1. The van der Waals surface area contributed by atoms with Crippen LogP contribution in [0.25, 0.3) is 42.2 Å². The molecule has 0 saturated carbocycles. The highest BCUT2D eigenvalue weighted by atomic mass is 32.1. The van der Waals surface area contributed by atoms with E-state index in [0.717, 1.165) is 10.9 Å². The maximum Gasteiger partial charge on any atom is 0.0880 e. The topological polar surface area (TPSA) is 12.9 Å². The highest BCUT2D eigenvalue weighted by Gasteiger charge is 2.38. The molecule has 1 nitrogen and oxygen atoms in total. The Kier molecular flexibility index (Phi) is 6.09. The molecule has 2 heterocycles. The zero-order chi connectivity index (χ0) is 26.0. The first-order valence-corrected chi connectivity index (χ1v) is 21.1. The van der Waals surface area contributed by atoms with Crippen LogP contribution in [0.15, 0.2) is 66.9 Å². The number of hydrogen-bond donors (Lipinski definition) is 0. The van der Waals surface area contributed by atoms with Gasteiger partial charge in [-0.25, -0.2) is 0 Å². The Bertz CT molecular complexity index is 1580. The zero-order valence-electron chi connectivity index (χ0n) is 23.3. The average molecular weight is 526 g/mol. The molecule has 4 heteroatoms. The monoisotopic (exact) mass is 525 g/mol. The maximum atomic E-state index is 4.96. The molecule has 3 aromatic carbocycles. The van der Waals surface area contributed by atoms with Crippen LogP contribution in [-0.4, -0.2) is 21.1 Å².